The van der Waals surface area contributed by atoms with E-state index in [0.717, 1.165) is 82.4 Å². The van der Waals surface area contributed by atoms with Gasteiger partial charge in [0, 0.05) is 56.4 Å². The molecule has 1 aromatic carbocycles. The van der Waals surface area contributed by atoms with Crippen molar-refractivity contribution < 1.29 is 9.84 Å². The minimum Gasteiger partial charge on any atom is -0.392 e. The number of aliphatic hydroxyl groups excluding tert-OH is 1. The average Bonchev–Trinajstić information content (AvgIpc) is 3.44. The molecule has 0 amide bonds. The number of piperidine rings is 1. The molecule has 3 fully saturated rings. The summed E-state index contributed by atoms with van der Waals surface area (Å²) in [5, 5.41) is 19.0. The van der Waals surface area contributed by atoms with Gasteiger partial charge in [0.25, 0.3) is 0 Å². The Morgan fingerprint density at radius 1 is 1.06 bits per heavy atom. The molecule has 3 atom stereocenters. The third-order valence-electron chi connectivity index (χ3n) is 7.43. The topological polar surface area (TPSA) is 89.9 Å². The SMILES string of the molecule is NC1=NN=C(N2CCC(N3C[C@H](CN4CC[C@H](O)C4)OC[C@@H]3Cc3ccc(Cl)cc3)CC2)C1. The fourth-order valence-corrected chi connectivity index (χ4v) is 5.78. The van der Waals surface area contributed by atoms with Crippen LogP contribution in [0.15, 0.2) is 34.5 Å². The van der Waals surface area contributed by atoms with E-state index in [0.29, 0.717) is 24.3 Å². The zero-order valence-electron chi connectivity index (χ0n) is 19.2. The number of β-amino-alcohol motifs (C(OH)–C–C–N with tert-alkyl or cyclic N) is 1. The lowest BCUT2D eigenvalue weighted by atomic mass is 9.96. The van der Waals surface area contributed by atoms with Gasteiger partial charge in [0.2, 0.25) is 0 Å². The van der Waals surface area contributed by atoms with E-state index >= 15 is 0 Å². The van der Waals surface area contributed by atoms with Gasteiger partial charge in [-0.3, -0.25) is 9.80 Å². The number of rotatable bonds is 5. The molecule has 4 heterocycles. The van der Waals surface area contributed by atoms with Gasteiger partial charge in [0.15, 0.2) is 0 Å². The lowest BCUT2D eigenvalue weighted by Gasteiger charge is -2.47. The van der Waals surface area contributed by atoms with Gasteiger partial charge in [-0.05, 0) is 43.4 Å². The van der Waals surface area contributed by atoms with E-state index in [1.54, 1.807) is 0 Å². The van der Waals surface area contributed by atoms with Crippen molar-refractivity contribution in [2.45, 2.75) is 56.4 Å². The Hall–Kier alpha value is -1.71. The fraction of sp³-hybridized carbons (Fsp3) is 0.667. The van der Waals surface area contributed by atoms with E-state index in [4.69, 9.17) is 22.1 Å². The van der Waals surface area contributed by atoms with Crippen LogP contribution in [0.1, 0.15) is 31.2 Å². The number of morpholine rings is 1. The maximum Gasteiger partial charge on any atom is 0.135 e. The van der Waals surface area contributed by atoms with Gasteiger partial charge >= 0.3 is 0 Å². The predicted octanol–water partition coefficient (Wildman–Crippen LogP) is 1.56. The van der Waals surface area contributed by atoms with E-state index in [1.165, 1.54) is 5.56 Å². The van der Waals surface area contributed by atoms with Crippen molar-refractivity contribution in [2.24, 2.45) is 15.9 Å². The van der Waals surface area contributed by atoms with Gasteiger partial charge in [0.05, 0.1) is 25.2 Å². The van der Waals surface area contributed by atoms with Gasteiger partial charge in [-0.2, -0.15) is 0 Å². The molecule has 33 heavy (non-hydrogen) atoms. The van der Waals surface area contributed by atoms with Gasteiger partial charge in [-0.1, -0.05) is 23.7 Å². The molecule has 0 saturated carbocycles. The molecule has 0 bridgehead atoms. The van der Waals surface area contributed by atoms with E-state index in [-0.39, 0.29) is 12.2 Å². The van der Waals surface area contributed by atoms with Crippen molar-refractivity contribution in [3.8, 4) is 0 Å². The maximum atomic E-state index is 9.91. The van der Waals surface area contributed by atoms with Crippen LogP contribution in [0.5, 0.6) is 0 Å². The van der Waals surface area contributed by atoms with Crippen molar-refractivity contribution in [3.05, 3.63) is 34.9 Å². The maximum absolute atomic E-state index is 9.91. The van der Waals surface area contributed by atoms with Crippen LogP contribution in [-0.2, 0) is 11.2 Å². The number of ether oxygens (including phenoxy) is 1. The van der Waals surface area contributed by atoms with Crippen LogP contribution in [-0.4, -0.2) is 102 Å². The highest BCUT2D eigenvalue weighted by Crippen LogP contribution is 2.27. The molecule has 4 aliphatic rings. The first-order valence-electron chi connectivity index (χ1n) is 12.2. The highest BCUT2D eigenvalue weighted by Gasteiger charge is 2.37. The number of hydrogen-bond donors (Lipinski definition) is 2. The van der Waals surface area contributed by atoms with Crippen LogP contribution >= 0.6 is 11.6 Å². The number of halogens is 1. The number of amidine groups is 2. The van der Waals surface area contributed by atoms with E-state index in [2.05, 4.69) is 37.0 Å². The second-order valence-corrected chi connectivity index (χ2v) is 10.3. The van der Waals surface area contributed by atoms with Gasteiger partial charge in [-0.15, -0.1) is 10.2 Å². The molecule has 9 heteroatoms. The Kier molecular flexibility index (Phi) is 7.18. The molecule has 0 spiro atoms. The average molecular weight is 475 g/mol. The second-order valence-electron chi connectivity index (χ2n) is 9.84. The van der Waals surface area contributed by atoms with Crippen LogP contribution in [0.4, 0.5) is 0 Å². The van der Waals surface area contributed by atoms with Crippen molar-refractivity contribution in [1.29, 1.82) is 0 Å². The van der Waals surface area contributed by atoms with Crippen LogP contribution in [0.25, 0.3) is 0 Å². The molecule has 5 rings (SSSR count). The summed E-state index contributed by atoms with van der Waals surface area (Å²) in [5.74, 6) is 1.62. The minimum atomic E-state index is -0.191. The van der Waals surface area contributed by atoms with Crippen LogP contribution < -0.4 is 5.73 Å². The summed E-state index contributed by atoms with van der Waals surface area (Å²) in [7, 11) is 0. The Labute approximate surface area is 201 Å². The molecule has 8 nitrogen and oxygen atoms in total. The minimum absolute atomic E-state index is 0.183. The molecule has 1 aromatic rings. The summed E-state index contributed by atoms with van der Waals surface area (Å²) in [6.45, 7) is 6.27. The first-order chi connectivity index (χ1) is 16.0. The van der Waals surface area contributed by atoms with Crippen molar-refractivity contribution in [1.82, 2.24) is 14.7 Å². The lowest BCUT2D eigenvalue weighted by molar-refractivity contribution is -0.0927. The third-order valence-corrected chi connectivity index (χ3v) is 7.69. The zero-order valence-corrected chi connectivity index (χ0v) is 19.9. The molecule has 3 N–H and O–H groups in total. The molecule has 3 saturated heterocycles. The number of nitrogens with two attached hydrogens (primary N) is 1. The number of nitrogens with zero attached hydrogens (tertiary/aromatic N) is 5. The molecular formula is C24H35ClN6O2. The summed E-state index contributed by atoms with van der Waals surface area (Å²) in [6.07, 6.45) is 4.70. The molecule has 0 radical (unpaired) electrons. The summed E-state index contributed by atoms with van der Waals surface area (Å²) in [6, 6.07) is 9.08. The highest BCUT2D eigenvalue weighted by molar-refractivity contribution is 6.30. The van der Waals surface area contributed by atoms with Crippen molar-refractivity contribution in [2.75, 3.05) is 45.9 Å². The summed E-state index contributed by atoms with van der Waals surface area (Å²) in [4.78, 5) is 7.39. The number of benzene rings is 1. The van der Waals surface area contributed by atoms with Crippen LogP contribution in [0.2, 0.25) is 5.02 Å². The first kappa shape index (κ1) is 23.1. The third kappa shape index (κ3) is 5.69. The van der Waals surface area contributed by atoms with Gasteiger partial charge < -0.3 is 20.5 Å². The summed E-state index contributed by atoms with van der Waals surface area (Å²) < 4.78 is 6.37. The van der Waals surface area contributed by atoms with E-state index in [1.807, 2.05) is 12.1 Å². The van der Waals surface area contributed by atoms with Crippen LogP contribution in [0.3, 0.4) is 0 Å². The monoisotopic (exact) mass is 474 g/mol. The Morgan fingerprint density at radius 3 is 2.52 bits per heavy atom. The quantitative estimate of drug-likeness (QED) is 0.673. The zero-order chi connectivity index (χ0) is 22.8. The Balaban J connectivity index is 1.23. The lowest BCUT2D eigenvalue weighted by Crippen LogP contribution is -2.59. The normalized spacial score (nSPS) is 30.0. The smallest absolute Gasteiger partial charge is 0.135 e. The van der Waals surface area contributed by atoms with E-state index < -0.39 is 0 Å². The van der Waals surface area contributed by atoms with Crippen LogP contribution in [0, 0.1) is 0 Å². The molecular weight excluding hydrogens is 440 g/mol. The summed E-state index contributed by atoms with van der Waals surface area (Å²) >= 11 is 6.10. The standard InChI is InChI=1S/C24H35ClN6O2/c25-18-3-1-17(2-4-18)11-20-16-33-22(14-29-8-7-21(32)13-29)15-31(20)19-5-9-30(10-6-19)24-12-23(26)27-28-24/h1-4,19-22,32H,5-16H2,(H2,26,27)/t20-,21-,22-/m0/s1. The molecule has 0 unspecified atom stereocenters. The molecule has 0 aromatic heterocycles. The number of aliphatic hydroxyl groups is 1. The molecule has 4 aliphatic heterocycles. The van der Waals surface area contributed by atoms with Crippen molar-refractivity contribution in [3.63, 3.8) is 0 Å². The molecule has 0 aliphatic carbocycles. The van der Waals surface area contributed by atoms with Gasteiger partial charge in [-0.25, -0.2) is 0 Å². The highest BCUT2D eigenvalue weighted by atomic mass is 35.5. The number of hydrogen-bond acceptors (Lipinski definition) is 8. The van der Waals surface area contributed by atoms with Gasteiger partial charge in [0.1, 0.15) is 11.7 Å². The largest absolute Gasteiger partial charge is 0.392 e. The molecule has 180 valence electrons. The predicted molar refractivity (Wildman–Crippen MR) is 131 cm³/mol. The van der Waals surface area contributed by atoms with Crippen molar-refractivity contribution >= 4 is 23.3 Å². The second kappa shape index (κ2) is 10.3. The summed E-state index contributed by atoms with van der Waals surface area (Å²) in [5.41, 5.74) is 7.12. The number of likely N-dealkylation sites (tertiary alicyclic amines) is 2. The first-order valence-corrected chi connectivity index (χ1v) is 12.6. The Morgan fingerprint density at radius 2 is 1.85 bits per heavy atom. The fourth-order valence-electron chi connectivity index (χ4n) is 5.66. The van der Waals surface area contributed by atoms with E-state index in [9.17, 15) is 5.11 Å². The Bertz CT molecular complexity index is 870.